The first-order chi connectivity index (χ1) is 7.75. The number of hydrogen-bond acceptors (Lipinski definition) is 3. The second kappa shape index (κ2) is 5.08. The minimum Gasteiger partial charge on any atom is -0.427 e. The van der Waals surface area contributed by atoms with Crippen LogP contribution < -0.4 is 4.52 Å². The lowest BCUT2D eigenvalue weighted by molar-refractivity contribution is 0.375. The van der Waals surface area contributed by atoms with Gasteiger partial charge in [-0.25, -0.2) is 0 Å². The Morgan fingerprint density at radius 2 is 1.50 bits per heavy atom. The molecule has 0 radical (unpaired) electrons. The summed E-state index contributed by atoms with van der Waals surface area (Å²) in [6.07, 6.45) is 0. The van der Waals surface area contributed by atoms with E-state index in [9.17, 15) is 0 Å². The fraction of sp³-hybridized carbons (Fsp3) is 0. The van der Waals surface area contributed by atoms with Crippen LogP contribution in [0.4, 0.5) is 0 Å². The highest BCUT2D eigenvalue weighted by atomic mass is 31.2. The quantitative estimate of drug-likeness (QED) is 0.803. The molecule has 0 amide bonds. The maximum Gasteiger partial charge on any atom is 0.391 e. The van der Waals surface area contributed by atoms with Gasteiger partial charge in [0, 0.05) is 0 Å². The van der Waals surface area contributed by atoms with Crippen molar-refractivity contribution in [3.8, 4) is 16.9 Å². The van der Waals surface area contributed by atoms with E-state index in [1.165, 1.54) is 0 Å². The number of rotatable bonds is 3. The predicted octanol–water partition coefficient (Wildman–Crippen LogP) is 2.94. The molecule has 0 aliphatic carbocycles. The highest BCUT2D eigenvalue weighted by Gasteiger charge is 2.04. The SMILES string of the molecule is OP(O)Oc1cccc(-c2ccccc2)c1. The molecule has 2 aromatic rings. The fourth-order valence-corrected chi connectivity index (χ4v) is 1.76. The summed E-state index contributed by atoms with van der Waals surface area (Å²) in [5.41, 5.74) is 2.04. The summed E-state index contributed by atoms with van der Waals surface area (Å²) in [5.74, 6) is 0.456. The van der Waals surface area contributed by atoms with Gasteiger partial charge in [-0.2, -0.15) is 0 Å². The van der Waals surface area contributed by atoms with Crippen LogP contribution in [-0.4, -0.2) is 9.79 Å². The smallest absolute Gasteiger partial charge is 0.391 e. The minimum absolute atomic E-state index is 0.456. The molecule has 3 nitrogen and oxygen atoms in total. The molecule has 0 fully saturated rings. The van der Waals surface area contributed by atoms with Crippen LogP contribution in [0.2, 0.25) is 0 Å². The lowest BCUT2D eigenvalue weighted by Gasteiger charge is -2.07. The molecule has 4 heteroatoms. The van der Waals surface area contributed by atoms with Crippen molar-refractivity contribution >= 4 is 8.60 Å². The summed E-state index contributed by atoms with van der Waals surface area (Å²) < 4.78 is 4.85. The fourth-order valence-electron chi connectivity index (χ4n) is 1.46. The van der Waals surface area contributed by atoms with Crippen molar-refractivity contribution in [3.63, 3.8) is 0 Å². The van der Waals surface area contributed by atoms with Crippen molar-refractivity contribution in [2.24, 2.45) is 0 Å². The largest absolute Gasteiger partial charge is 0.427 e. The first-order valence-corrected chi connectivity index (χ1v) is 5.93. The third-order valence-electron chi connectivity index (χ3n) is 2.13. The van der Waals surface area contributed by atoms with Gasteiger partial charge >= 0.3 is 8.60 Å². The number of benzene rings is 2. The van der Waals surface area contributed by atoms with Crippen molar-refractivity contribution in [2.45, 2.75) is 0 Å². The van der Waals surface area contributed by atoms with Crippen molar-refractivity contribution in [2.75, 3.05) is 0 Å². The summed E-state index contributed by atoms with van der Waals surface area (Å²) >= 11 is 0. The molecule has 2 N–H and O–H groups in total. The Hall–Kier alpha value is -1.41. The predicted molar refractivity (Wildman–Crippen MR) is 63.9 cm³/mol. The van der Waals surface area contributed by atoms with Crippen LogP contribution in [0.5, 0.6) is 5.75 Å². The van der Waals surface area contributed by atoms with Gasteiger partial charge in [-0.1, -0.05) is 42.5 Å². The third-order valence-corrected chi connectivity index (χ3v) is 2.50. The Morgan fingerprint density at radius 3 is 2.19 bits per heavy atom. The zero-order valence-electron chi connectivity index (χ0n) is 8.45. The van der Waals surface area contributed by atoms with Crippen LogP contribution >= 0.6 is 8.60 Å². The molecule has 0 bridgehead atoms. The van der Waals surface area contributed by atoms with Gasteiger partial charge in [0.05, 0.1) is 0 Å². The average molecular weight is 234 g/mol. The minimum atomic E-state index is -2.36. The maximum absolute atomic E-state index is 8.77. The molecule has 0 atom stereocenters. The van der Waals surface area contributed by atoms with E-state index in [2.05, 4.69) is 0 Å². The Kier molecular flexibility index (Phi) is 3.52. The molecular formula is C12H11O3P. The van der Waals surface area contributed by atoms with E-state index in [1.54, 1.807) is 12.1 Å². The second-order valence-electron chi connectivity index (χ2n) is 3.24. The Labute approximate surface area is 95.0 Å². The van der Waals surface area contributed by atoms with Gasteiger partial charge in [0.15, 0.2) is 0 Å². The summed E-state index contributed by atoms with van der Waals surface area (Å²) in [5, 5.41) is 0. The van der Waals surface area contributed by atoms with Crippen LogP contribution in [0.15, 0.2) is 54.6 Å². The van der Waals surface area contributed by atoms with Crippen LogP contribution in [0.3, 0.4) is 0 Å². The first kappa shape index (κ1) is 11.1. The Balaban J connectivity index is 2.29. The normalized spacial score (nSPS) is 10.4. The maximum atomic E-state index is 8.77. The highest BCUT2D eigenvalue weighted by molar-refractivity contribution is 7.39. The zero-order chi connectivity index (χ0) is 11.4. The average Bonchev–Trinajstić information content (AvgIpc) is 2.30. The molecule has 0 unspecified atom stereocenters. The van der Waals surface area contributed by atoms with E-state index in [-0.39, 0.29) is 0 Å². The standard InChI is InChI=1S/C12H11O3P/c13-16(14)15-12-8-4-7-11(9-12)10-5-2-1-3-6-10/h1-9,13-14H. The lowest BCUT2D eigenvalue weighted by Crippen LogP contribution is -1.85. The van der Waals surface area contributed by atoms with Gasteiger partial charge < -0.3 is 14.3 Å². The Bertz CT molecular complexity index is 457. The van der Waals surface area contributed by atoms with E-state index >= 15 is 0 Å². The first-order valence-electron chi connectivity index (χ1n) is 4.77. The summed E-state index contributed by atoms with van der Waals surface area (Å²) in [6.45, 7) is 0. The van der Waals surface area contributed by atoms with Crippen molar-refractivity contribution < 1.29 is 14.3 Å². The van der Waals surface area contributed by atoms with E-state index in [4.69, 9.17) is 14.3 Å². The van der Waals surface area contributed by atoms with Gasteiger partial charge in [-0.3, -0.25) is 0 Å². The highest BCUT2D eigenvalue weighted by Crippen LogP contribution is 2.31. The molecular weight excluding hydrogens is 223 g/mol. The molecule has 0 spiro atoms. The van der Waals surface area contributed by atoms with Gasteiger partial charge in [0.2, 0.25) is 0 Å². The van der Waals surface area contributed by atoms with Crippen LogP contribution in [-0.2, 0) is 0 Å². The lowest BCUT2D eigenvalue weighted by atomic mass is 10.1. The molecule has 16 heavy (non-hydrogen) atoms. The van der Waals surface area contributed by atoms with Gasteiger partial charge in [-0.15, -0.1) is 0 Å². The zero-order valence-corrected chi connectivity index (χ0v) is 9.34. The van der Waals surface area contributed by atoms with Crippen LogP contribution in [0.25, 0.3) is 11.1 Å². The molecule has 2 aromatic carbocycles. The van der Waals surface area contributed by atoms with E-state index in [1.807, 2.05) is 42.5 Å². The van der Waals surface area contributed by atoms with Crippen LogP contribution in [0, 0.1) is 0 Å². The summed E-state index contributed by atoms with van der Waals surface area (Å²) in [6, 6.07) is 17.0. The van der Waals surface area contributed by atoms with Crippen molar-refractivity contribution in [1.29, 1.82) is 0 Å². The van der Waals surface area contributed by atoms with Crippen molar-refractivity contribution in [3.05, 3.63) is 54.6 Å². The molecule has 0 saturated heterocycles. The van der Waals surface area contributed by atoms with Gasteiger partial charge in [0.1, 0.15) is 5.75 Å². The van der Waals surface area contributed by atoms with E-state index < -0.39 is 8.60 Å². The molecule has 0 aliphatic heterocycles. The van der Waals surface area contributed by atoms with Crippen LogP contribution in [0.1, 0.15) is 0 Å². The third kappa shape index (κ3) is 2.80. The van der Waals surface area contributed by atoms with E-state index in [0.29, 0.717) is 5.75 Å². The molecule has 82 valence electrons. The molecule has 0 heterocycles. The molecule has 0 aromatic heterocycles. The summed E-state index contributed by atoms with van der Waals surface area (Å²) in [7, 11) is -2.36. The topological polar surface area (TPSA) is 49.7 Å². The van der Waals surface area contributed by atoms with Crippen molar-refractivity contribution in [1.82, 2.24) is 0 Å². The van der Waals surface area contributed by atoms with Gasteiger partial charge in [-0.05, 0) is 23.3 Å². The second-order valence-corrected chi connectivity index (χ2v) is 3.93. The molecule has 2 rings (SSSR count). The molecule has 0 saturated carbocycles. The van der Waals surface area contributed by atoms with Gasteiger partial charge in [0.25, 0.3) is 0 Å². The molecule has 0 aliphatic rings. The van der Waals surface area contributed by atoms with E-state index in [0.717, 1.165) is 11.1 Å². The number of hydrogen-bond donors (Lipinski definition) is 2. The summed E-state index contributed by atoms with van der Waals surface area (Å²) in [4.78, 5) is 17.5. The monoisotopic (exact) mass is 234 g/mol. The Morgan fingerprint density at radius 1 is 0.812 bits per heavy atom.